The van der Waals surface area contributed by atoms with Crippen LogP contribution < -0.4 is 10.6 Å². The Morgan fingerprint density at radius 3 is 2.87 bits per heavy atom. The molecule has 0 bridgehead atoms. The van der Waals surface area contributed by atoms with E-state index in [0.717, 1.165) is 34.3 Å². The van der Waals surface area contributed by atoms with Gasteiger partial charge in [-0.3, -0.25) is 4.79 Å². The van der Waals surface area contributed by atoms with Gasteiger partial charge in [-0.05, 0) is 28.8 Å². The molecular formula is C18H19ClN2OS. The van der Waals surface area contributed by atoms with Crippen molar-refractivity contribution in [3.05, 3.63) is 64.2 Å². The predicted octanol–water partition coefficient (Wildman–Crippen LogP) is 3.74. The highest BCUT2D eigenvalue weighted by atomic mass is 35.5. The molecule has 23 heavy (non-hydrogen) atoms. The van der Waals surface area contributed by atoms with E-state index in [9.17, 15) is 4.79 Å². The number of rotatable bonds is 6. The third kappa shape index (κ3) is 4.50. The van der Waals surface area contributed by atoms with E-state index in [1.165, 1.54) is 11.1 Å². The highest BCUT2D eigenvalue weighted by Gasteiger charge is 2.10. The minimum Gasteiger partial charge on any atom is -0.352 e. The number of hydrogen-bond donors (Lipinski definition) is 2. The number of amides is 1. The third-order valence-corrected chi connectivity index (χ3v) is 5.33. The Balaban J connectivity index is 1.42. The summed E-state index contributed by atoms with van der Waals surface area (Å²) in [5.41, 5.74) is 3.85. The second kappa shape index (κ2) is 7.86. The fraction of sp³-hybridized carbons (Fsp3) is 0.278. The normalized spacial score (nSPS) is 12.9. The molecule has 1 amide bonds. The molecule has 5 heteroatoms. The van der Waals surface area contributed by atoms with Crippen molar-refractivity contribution in [1.82, 2.24) is 10.6 Å². The van der Waals surface area contributed by atoms with Gasteiger partial charge in [0.25, 0.3) is 0 Å². The van der Waals surface area contributed by atoms with Gasteiger partial charge in [-0.1, -0.05) is 41.9 Å². The minimum absolute atomic E-state index is 0.0724. The number of halogens is 1. The van der Waals surface area contributed by atoms with Crippen molar-refractivity contribution in [3.8, 4) is 0 Å². The fourth-order valence-electron chi connectivity index (χ4n) is 2.56. The summed E-state index contributed by atoms with van der Waals surface area (Å²) in [5.74, 6) is 0.798. The van der Waals surface area contributed by atoms with Gasteiger partial charge in [-0.25, -0.2) is 0 Å². The van der Waals surface area contributed by atoms with E-state index in [1.807, 2.05) is 24.3 Å². The van der Waals surface area contributed by atoms with E-state index in [0.29, 0.717) is 13.0 Å². The fourth-order valence-corrected chi connectivity index (χ4v) is 3.75. The summed E-state index contributed by atoms with van der Waals surface area (Å²) in [6, 6.07) is 14.1. The van der Waals surface area contributed by atoms with Gasteiger partial charge < -0.3 is 10.6 Å². The molecule has 0 saturated carbocycles. The molecule has 1 aliphatic rings. The van der Waals surface area contributed by atoms with Crippen LogP contribution in [0.2, 0.25) is 5.02 Å². The van der Waals surface area contributed by atoms with Crippen LogP contribution in [-0.4, -0.2) is 11.7 Å². The van der Waals surface area contributed by atoms with Gasteiger partial charge in [0.05, 0.1) is 5.02 Å². The predicted molar refractivity (Wildman–Crippen MR) is 95.6 cm³/mol. The molecule has 0 unspecified atom stereocenters. The maximum Gasteiger partial charge on any atom is 0.221 e. The molecule has 120 valence electrons. The van der Waals surface area contributed by atoms with E-state index in [-0.39, 0.29) is 5.91 Å². The number of fused-ring (bicyclic) bond motifs is 1. The summed E-state index contributed by atoms with van der Waals surface area (Å²) < 4.78 is 0. The average Bonchev–Trinajstić information content (AvgIpc) is 3.02. The summed E-state index contributed by atoms with van der Waals surface area (Å²) in [4.78, 5) is 13.0. The van der Waals surface area contributed by atoms with Crippen molar-refractivity contribution in [1.29, 1.82) is 0 Å². The van der Waals surface area contributed by atoms with Gasteiger partial charge in [-0.15, -0.1) is 11.8 Å². The zero-order valence-corrected chi connectivity index (χ0v) is 14.3. The maximum atomic E-state index is 12.0. The molecule has 0 spiro atoms. The lowest BCUT2D eigenvalue weighted by atomic mass is 10.1. The number of benzene rings is 2. The van der Waals surface area contributed by atoms with Gasteiger partial charge in [-0.2, -0.15) is 0 Å². The van der Waals surface area contributed by atoms with E-state index < -0.39 is 0 Å². The lowest BCUT2D eigenvalue weighted by molar-refractivity contribution is -0.120. The Kier molecular flexibility index (Phi) is 5.60. The number of carbonyl (C=O) groups is 1. The number of carbonyl (C=O) groups excluding carboxylic acids is 1. The molecule has 0 aliphatic carbocycles. The molecule has 0 saturated heterocycles. The molecule has 1 aliphatic heterocycles. The van der Waals surface area contributed by atoms with Crippen LogP contribution in [0.5, 0.6) is 0 Å². The Morgan fingerprint density at radius 1 is 1.17 bits per heavy atom. The first kappa shape index (κ1) is 16.4. The third-order valence-electron chi connectivity index (χ3n) is 3.81. The molecule has 0 aromatic heterocycles. The molecule has 2 N–H and O–H groups in total. The Hall–Kier alpha value is -1.49. The lowest BCUT2D eigenvalue weighted by Gasteiger charge is -2.07. The molecule has 0 atom stereocenters. The van der Waals surface area contributed by atoms with E-state index in [2.05, 4.69) is 28.8 Å². The average molecular weight is 347 g/mol. The first-order valence-electron chi connectivity index (χ1n) is 7.68. The van der Waals surface area contributed by atoms with Crippen LogP contribution in [-0.2, 0) is 24.4 Å². The van der Waals surface area contributed by atoms with Gasteiger partial charge in [0.1, 0.15) is 0 Å². The number of hydrogen-bond acceptors (Lipinski definition) is 3. The van der Waals surface area contributed by atoms with Crippen molar-refractivity contribution in [3.63, 3.8) is 0 Å². The Bertz CT molecular complexity index is 705. The summed E-state index contributed by atoms with van der Waals surface area (Å²) in [6.07, 6.45) is 0.488. The van der Waals surface area contributed by atoms with E-state index in [4.69, 9.17) is 11.6 Å². The van der Waals surface area contributed by atoms with Crippen LogP contribution in [0.4, 0.5) is 0 Å². The standard InChI is InChI=1S/C18H19ClN2OS/c19-16-3-1-2-4-17(16)23-8-7-18(22)21-10-13-5-6-14-11-20-12-15(14)9-13/h1-6,9,20H,7-8,10-12H2,(H,21,22). The SMILES string of the molecule is O=C(CCSc1ccccc1Cl)NCc1ccc2c(c1)CNC2. The maximum absolute atomic E-state index is 12.0. The van der Waals surface area contributed by atoms with Gasteiger partial charge in [0.15, 0.2) is 0 Å². The van der Waals surface area contributed by atoms with Crippen molar-refractivity contribution >= 4 is 29.3 Å². The van der Waals surface area contributed by atoms with Crippen LogP contribution in [0, 0.1) is 0 Å². The first-order chi connectivity index (χ1) is 11.2. The highest BCUT2D eigenvalue weighted by molar-refractivity contribution is 7.99. The van der Waals surface area contributed by atoms with Crippen LogP contribution >= 0.6 is 23.4 Å². The zero-order valence-electron chi connectivity index (χ0n) is 12.8. The first-order valence-corrected chi connectivity index (χ1v) is 9.04. The number of nitrogens with one attached hydrogen (secondary N) is 2. The van der Waals surface area contributed by atoms with Crippen LogP contribution in [0.1, 0.15) is 23.1 Å². The van der Waals surface area contributed by atoms with Gasteiger partial charge in [0.2, 0.25) is 5.91 Å². The van der Waals surface area contributed by atoms with E-state index in [1.54, 1.807) is 11.8 Å². The van der Waals surface area contributed by atoms with Crippen LogP contribution in [0.15, 0.2) is 47.4 Å². The minimum atomic E-state index is 0.0724. The van der Waals surface area contributed by atoms with Crippen molar-refractivity contribution < 1.29 is 4.79 Å². The van der Waals surface area contributed by atoms with Crippen LogP contribution in [0.25, 0.3) is 0 Å². The molecule has 0 fully saturated rings. The quantitative estimate of drug-likeness (QED) is 0.783. The second-order valence-corrected chi connectivity index (χ2v) is 7.06. The topological polar surface area (TPSA) is 41.1 Å². The molecule has 1 heterocycles. The zero-order chi connectivity index (χ0) is 16.1. The molecule has 3 nitrogen and oxygen atoms in total. The monoisotopic (exact) mass is 346 g/mol. The summed E-state index contributed by atoms with van der Waals surface area (Å²) in [5, 5.41) is 7.05. The molecular weight excluding hydrogens is 328 g/mol. The molecule has 2 aromatic carbocycles. The summed E-state index contributed by atoms with van der Waals surface area (Å²) in [6.45, 7) is 2.45. The highest BCUT2D eigenvalue weighted by Crippen LogP contribution is 2.26. The van der Waals surface area contributed by atoms with Crippen LogP contribution in [0.3, 0.4) is 0 Å². The second-order valence-electron chi connectivity index (χ2n) is 5.51. The van der Waals surface area contributed by atoms with Gasteiger partial charge >= 0.3 is 0 Å². The van der Waals surface area contributed by atoms with Gasteiger partial charge in [0, 0.05) is 36.7 Å². The molecule has 3 rings (SSSR count). The van der Waals surface area contributed by atoms with Crippen molar-refractivity contribution in [2.45, 2.75) is 31.0 Å². The van der Waals surface area contributed by atoms with E-state index >= 15 is 0 Å². The Morgan fingerprint density at radius 2 is 2.00 bits per heavy atom. The smallest absolute Gasteiger partial charge is 0.221 e. The summed E-state index contributed by atoms with van der Waals surface area (Å²) >= 11 is 7.71. The Labute approximate surface area is 145 Å². The van der Waals surface area contributed by atoms with Crippen molar-refractivity contribution in [2.75, 3.05) is 5.75 Å². The largest absolute Gasteiger partial charge is 0.352 e. The lowest BCUT2D eigenvalue weighted by Crippen LogP contribution is -2.23. The molecule has 2 aromatic rings. The molecule has 0 radical (unpaired) electrons. The van der Waals surface area contributed by atoms with Crippen molar-refractivity contribution in [2.24, 2.45) is 0 Å². The summed E-state index contributed by atoms with van der Waals surface area (Å²) in [7, 11) is 0. The number of thioether (sulfide) groups is 1.